The molecule has 4 nitrogen and oxygen atoms in total. The van der Waals surface area contributed by atoms with Gasteiger partial charge in [0.05, 0.1) is 32.3 Å². The molecule has 0 amide bonds. The van der Waals surface area contributed by atoms with Crippen molar-refractivity contribution in [3.8, 4) is 0 Å². The van der Waals surface area contributed by atoms with Crippen LogP contribution in [0.5, 0.6) is 0 Å². The van der Waals surface area contributed by atoms with Gasteiger partial charge in [0.25, 0.3) is 0 Å². The molecule has 0 radical (unpaired) electrons. The number of carbonyl (C=O) groups excluding carboxylic acids is 1. The van der Waals surface area contributed by atoms with Gasteiger partial charge in [-0.15, -0.1) is 0 Å². The van der Waals surface area contributed by atoms with Gasteiger partial charge < -0.3 is 14.0 Å². The van der Waals surface area contributed by atoms with Gasteiger partial charge in [0.15, 0.2) is 0 Å². The van der Waals surface area contributed by atoms with Gasteiger partial charge in [-0.25, -0.2) is 0 Å². The largest absolute Gasteiger partial charge is 0.455 e. The predicted octanol–water partition coefficient (Wildman–Crippen LogP) is 3.39. The summed E-state index contributed by atoms with van der Waals surface area (Å²) in [7, 11) is 4.54. The minimum absolute atomic E-state index is 0.0329. The predicted molar refractivity (Wildman–Crippen MR) is 96.9 cm³/mol. The van der Waals surface area contributed by atoms with Crippen LogP contribution in [0, 0.1) is 23.7 Å². The van der Waals surface area contributed by atoms with Crippen LogP contribution in [0.2, 0.25) is 0 Å². The zero-order chi connectivity index (χ0) is 18.2. The highest BCUT2D eigenvalue weighted by atomic mass is 16.7. The minimum atomic E-state index is -0.331. The van der Waals surface area contributed by atoms with Gasteiger partial charge in [-0.05, 0) is 51.9 Å². The minimum Gasteiger partial charge on any atom is -0.455 e. The zero-order valence-electron chi connectivity index (χ0n) is 16.9. The first-order valence-electron chi connectivity index (χ1n) is 10.4. The number of hydrogen-bond acceptors (Lipinski definition) is 3. The van der Waals surface area contributed by atoms with Crippen LogP contribution in [-0.4, -0.2) is 54.4 Å². The van der Waals surface area contributed by atoms with Crippen LogP contribution in [0.4, 0.5) is 0 Å². The smallest absolute Gasteiger partial charge is 0.315 e. The lowest BCUT2D eigenvalue weighted by atomic mass is 9.55. The summed E-state index contributed by atoms with van der Waals surface area (Å²) in [6.07, 6.45) is 5.88. The van der Waals surface area contributed by atoms with Crippen LogP contribution in [0.25, 0.3) is 0 Å². The maximum absolute atomic E-state index is 13.1. The number of carbonyl (C=O) groups is 1. The lowest BCUT2D eigenvalue weighted by molar-refractivity contribution is -0.915. The van der Waals surface area contributed by atoms with E-state index >= 15 is 0 Å². The summed E-state index contributed by atoms with van der Waals surface area (Å²) in [6, 6.07) is 0.552. The van der Waals surface area contributed by atoms with Crippen molar-refractivity contribution < 1.29 is 18.8 Å². The van der Waals surface area contributed by atoms with Crippen molar-refractivity contribution in [2.75, 3.05) is 20.6 Å². The summed E-state index contributed by atoms with van der Waals surface area (Å²) in [5.41, 5.74) is -0.371. The number of nitrogens with zero attached hydrogens (tertiary/aromatic N) is 1. The lowest BCUT2D eigenvalue weighted by Crippen LogP contribution is -2.59. The monoisotopic (exact) mass is 350 g/mol. The molecule has 2 saturated heterocycles. The molecule has 4 aliphatic rings. The van der Waals surface area contributed by atoms with Crippen LogP contribution >= 0.6 is 0 Å². The number of ether oxygens (including phenoxy) is 2. The van der Waals surface area contributed by atoms with E-state index in [0.717, 1.165) is 36.7 Å². The number of epoxide rings is 1. The molecule has 2 aliphatic carbocycles. The number of esters is 1. The standard InChI is InChI=1S/C21H36NO3/c1-7-14(3)22(5,6)12-15-17-9-8-13(2)16-10-11-20(4)19(25-20)21(16,17)24-18(15)23/h13-17,19H,7-12H2,1-6H3/q+1/t13-,14?,15?,16?,17?,19+,20+,21+/m0/s1. The Hall–Kier alpha value is -0.610. The molecule has 1 spiro atoms. The maximum Gasteiger partial charge on any atom is 0.315 e. The second-order valence-electron chi connectivity index (χ2n) is 10.2. The molecule has 0 aromatic carbocycles. The quantitative estimate of drug-likeness (QED) is 0.443. The molecule has 2 heterocycles. The third-order valence-corrected chi connectivity index (χ3v) is 8.54. The molecule has 0 aromatic heterocycles. The number of fused-ring (bicyclic) bond motifs is 1. The molecule has 2 aliphatic heterocycles. The molecule has 142 valence electrons. The molecule has 0 N–H and O–H groups in total. The summed E-state index contributed by atoms with van der Waals surface area (Å²) < 4.78 is 13.4. The van der Waals surface area contributed by atoms with Crippen molar-refractivity contribution in [3.63, 3.8) is 0 Å². The average Bonchev–Trinajstić information content (AvgIpc) is 3.18. The fraction of sp³-hybridized carbons (Fsp3) is 0.952. The molecule has 8 atom stereocenters. The van der Waals surface area contributed by atoms with Gasteiger partial charge in [-0.1, -0.05) is 13.8 Å². The highest BCUT2D eigenvalue weighted by Gasteiger charge is 2.77. The molecule has 4 rings (SSSR count). The van der Waals surface area contributed by atoms with Gasteiger partial charge in [-0.2, -0.15) is 0 Å². The summed E-state index contributed by atoms with van der Waals surface area (Å²) >= 11 is 0. The van der Waals surface area contributed by atoms with Crippen molar-refractivity contribution in [3.05, 3.63) is 0 Å². The topological polar surface area (TPSA) is 38.8 Å². The molecule has 0 bridgehead atoms. The SMILES string of the molecule is CCC(C)[N+](C)(C)CC1C(=O)O[C@@]23C1CC[C@H](C)C2CC[C@@]1(C)O[C@@H]31. The normalized spacial score (nSPS) is 49.7. The van der Waals surface area contributed by atoms with Gasteiger partial charge in [0.1, 0.15) is 17.6 Å². The van der Waals surface area contributed by atoms with Crippen LogP contribution < -0.4 is 0 Å². The van der Waals surface area contributed by atoms with Crippen molar-refractivity contribution in [2.24, 2.45) is 23.7 Å². The fourth-order valence-corrected chi connectivity index (χ4v) is 6.44. The Bertz CT molecular complexity index is 575. The first-order chi connectivity index (χ1) is 11.7. The first kappa shape index (κ1) is 17.8. The number of quaternary nitrogens is 1. The molecular weight excluding hydrogens is 314 g/mol. The molecular formula is C21H36NO3+. The average molecular weight is 351 g/mol. The molecule has 4 heteroatoms. The van der Waals surface area contributed by atoms with Gasteiger partial charge in [-0.3, -0.25) is 4.79 Å². The van der Waals surface area contributed by atoms with Gasteiger partial charge in [0, 0.05) is 11.8 Å². The molecule has 4 unspecified atom stereocenters. The number of hydrogen-bond donors (Lipinski definition) is 0. The summed E-state index contributed by atoms with van der Waals surface area (Å²) in [5.74, 6) is 1.55. The Morgan fingerprint density at radius 3 is 2.64 bits per heavy atom. The Balaban J connectivity index is 1.66. The van der Waals surface area contributed by atoms with Crippen LogP contribution in [0.15, 0.2) is 0 Å². The van der Waals surface area contributed by atoms with Crippen molar-refractivity contribution >= 4 is 5.97 Å². The van der Waals surface area contributed by atoms with Crippen LogP contribution in [0.3, 0.4) is 0 Å². The fourth-order valence-electron chi connectivity index (χ4n) is 6.44. The molecule has 0 aromatic rings. The highest BCUT2D eigenvalue weighted by molar-refractivity contribution is 5.77. The van der Waals surface area contributed by atoms with E-state index in [-0.39, 0.29) is 29.2 Å². The van der Waals surface area contributed by atoms with Crippen molar-refractivity contribution in [1.29, 1.82) is 0 Å². The van der Waals surface area contributed by atoms with Crippen molar-refractivity contribution in [1.82, 2.24) is 0 Å². The molecule has 25 heavy (non-hydrogen) atoms. The van der Waals surface area contributed by atoms with E-state index < -0.39 is 0 Å². The van der Waals surface area contributed by atoms with E-state index in [1.807, 2.05) is 0 Å². The Kier molecular flexibility index (Phi) is 3.88. The lowest BCUT2D eigenvalue weighted by Gasteiger charge is -2.50. The zero-order valence-corrected chi connectivity index (χ0v) is 16.9. The number of rotatable bonds is 4. The van der Waals surface area contributed by atoms with E-state index in [1.54, 1.807) is 0 Å². The highest BCUT2D eigenvalue weighted by Crippen LogP contribution is 2.66. The van der Waals surface area contributed by atoms with E-state index in [1.165, 1.54) is 6.42 Å². The van der Waals surface area contributed by atoms with E-state index in [9.17, 15) is 4.79 Å². The second kappa shape index (κ2) is 5.45. The third kappa shape index (κ3) is 2.36. The van der Waals surface area contributed by atoms with E-state index in [0.29, 0.717) is 23.8 Å². The molecule has 4 fully saturated rings. The van der Waals surface area contributed by atoms with E-state index in [2.05, 4.69) is 41.8 Å². The van der Waals surface area contributed by atoms with Crippen molar-refractivity contribution in [2.45, 2.75) is 83.1 Å². The maximum atomic E-state index is 13.1. The first-order valence-corrected chi connectivity index (χ1v) is 10.4. The summed E-state index contributed by atoms with van der Waals surface area (Å²) in [4.78, 5) is 13.1. The second-order valence-corrected chi connectivity index (χ2v) is 10.2. The molecule has 2 saturated carbocycles. The Labute approximate surface area is 152 Å². The summed E-state index contributed by atoms with van der Waals surface area (Å²) in [6.45, 7) is 10.0. The van der Waals surface area contributed by atoms with Gasteiger partial charge in [0.2, 0.25) is 0 Å². The van der Waals surface area contributed by atoms with E-state index in [4.69, 9.17) is 9.47 Å². The van der Waals surface area contributed by atoms with Gasteiger partial charge >= 0.3 is 5.97 Å². The van der Waals surface area contributed by atoms with Crippen LogP contribution in [0.1, 0.15) is 59.8 Å². The Morgan fingerprint density at radius 2 is 1.96 bits per heavy atom. The third-order valence-electron chi connectivity index (χ3n) is 8.54. The Morgan fingerprint density at radius 1 is 1.24 bits per heavy atom. The van der Waals surface area contributed by atoms with Crippen LogP contribution in [-0.2, 0) is 14.3 Å². The summed E-state index contributed by atoms with van der Waals surface area (Å²) in [5, 5.41) is 0.